The number of aliphatic imine (C=N–C) groups is 1. The number of para-hydroxylation sites is 2. The van der Waals surface area contributed by atoms with Crippen LogP contribution in [0.4, 0.5) is 5.69 Å². The van der Waals surface area contributed by atoms with E-state index in [0.29, 0.717) is 11.9 Å². The van der Waals surface area contributed by atoms with Gasteiger partial charge >= 0.3 is 0 Å². The lowest BCUT2D eigenvalue weighted by atomic mass is 10.0. The van der Waals surface area contributed by atoms with Gasteiger partial charge < -0.3 is 16.0 Å². The molecule has 4 rings (SSSR count). The van der Waals surface area contributed by atoms with Crippen LogP contribution in [0.15, 0.2) is 59.7 Å². The lowest BCUT2D eigenvalue weighted by Gasteiger charge is -2.39. The molecule has 2 heterocycles. The van der Waals surface area contributed by atoms with E-state index in [1.54, 1.807) is 0 Å². The minimum Gasteiger partial charge on any atom is -0.383 e. The second-order valence-corrected chi connectivity index (χ2v) is 7.34. The molecule has 5 N–H and O–H groups in total. The van der Waals surface area contributed by atoms with Gasteiger partial charge in [-0.1, -0.05) is 37.3 Å². The van der Waals surface area contributed by atoms with E-state index >= 15 is 0 Å². The number of nitrogens with zero attached hydrogens (tertiary/aromatic N) is 1. The van der Waals surface area contributed by atoms with Crippen LogP contribution in [0.3, 0.4) is 0 Å². The van der Waals surface area contributed by atoms with Gasteiger partial charge in [0.15, 0.2) is 5.79 Å². The molecule has 2 unspecified atom stereocenters. The highest BCUT2D eigenvalue weighted by Gasteiger charge is 2.34. The Kier molecular flexibility index (Phi) is 4.62. The molecule has 2 aromatic carbocycles. The molecule has 0 bridgehead atoms. The number of aryl methyl sites for hydroxylation is 1. The first-order chi connectivity index (χ1) is 13.1. The van der Waals surface area contributed by atoms with Crippen LogP contribution >= 0.6 is 0 Å². The summed E-state index contributed by atoms with van der Waals surface area (Å²) in [5.74, 6) is -0.0224. The third kappa shape index (κ3) is 3.43. The largest absolute Gasteiger partial charge is 0.383 e. The Morgan fingerprint density at radius 1 is 1.15 bits per heavy atom. The molecule has 1 aromatic heterocycles. The van der Waals surface area contributed by atoms with Gasteiger partial charge in [-0.2, -0.15) is 0 Å². The van der Waals surface area contributed by atoms with Gasteiger partial charge in [0.1, 0.15) is 5.84 Å². The lowest BCUT2D eigenvalue weighted by Crippen LogP contribution is -2.56. The molecular formula is C22H27N5. The summed E-state index contributed by atoms with van der Waals surface area (Å²) in [5, 5.41) is 8.57. The molecule has 5 heteroatoms. The average Bonchev–Trinajstić information content (AvgIpc) is 3.10. The van der Waals surface area contributed by atoms with E-state index in [-0.39, 0.29) is 0 Å². The van der Waals surface area contributed by atoms with Gasteiger partial charge in [-0.3, -0.25) is 5.32 Å². The summed E-state index contributed by atoms with van der Waals surface area (Å²) in [6, 6.07) is 16.8. The third-order valence-electron chi connectivity index (χ3n) is 5.38. The van der Waals surface area contributed by atoms with E-state index in [0.717, 1.165) is 30.5 Å². The summed E-state index contributed by atoms with van der Waals surface area (Å²) < 4.78 is 0. The molecule has 2 atom stereocenters. The second-order valence-electron chi connectivity index (χ2n) is 7.34. The van der Waals surface area contributed by atoms with Gasteiger partial charge in [0.05, 0.1) is 0 Å². The van der Waals surface area contributed by atoms with Crippen LogP contribution in [0.5, 0.6) is 0 Å². The van der Waals surface area contributed by atoms with Crippen molar-refractivity contribution in [2.75, 3.05) is 5.32 Å². The molecule has 0 amide bonds. The van der Waals surface area contributed by atoms with Gasteiger partial charge in [-0.05, 0) is 43.5 Å². The zero-order valence-corrected chi connectivity index (χ0v) is 15.9. The molecule has 0 saturated carbocycles. The van der Waals surface area contributed by atoms with Crippen LogP contribution in [0.2, 0.25) is 0 Å². The molecule has 0 radical (unpaired) electrons. The van der Waals surface area contributed by atoms with Crippen molar-refractivity contribution in [3.05, 3.63) is 65.9 Å². The number of benzene rings is 2. The number of anilines is 1. The molecule has 1 aliphatic heterocycles. The van der Waals surface area contributed by atoms with Crippen LogP contribution in [0.25, 0.3) is 10.9 Å². The first-order valence-corrected chi connectivity index (χ1v) is 9.66. The fourth-order valence-corrected chi connectivity index (χ4v) is 3.75. The smallest absolute Gasteiger partial charge is 0.187 e. The minimum atomic E-state index is -0.605. The van der Waals surface area contributed by atoms with Gasteiger partial charge in [0.2, 0.25) is 0 Å². The average molecular weight is 361 g/mol. The Labute approximate surface area is 160 Å². The molecule has 3 aromatic rings. The molecule has 27 heavy (non-hydrogen) atoms. The molecule has 5 nitrogen and oxygen atoms in total. The lowest BCUT2D eigenvalue weighted by molar-refractivity contribution is 0.314. The summed E-state index contributed by atoms with van der Waals surface area (Å²) in [5.41, 5.74) is 10.8. The van der Waals surface area contributed by atoms with Gasteiger partial charge in [0.25, 0.3) is 0 Å². The van der Waals surface area contributed by atoms with E-state index < -0.39 is 5.79 Å². The predicted molar refractivity (Wildman–Crippen MR) is 113 cm³/mol. The standard InChI is InChI=1S/C22H27N5/c1-3-15(2)25-22(26-20-11-7-5-9-18(20)21(23)27-22)13-12-16-14-24-19-10-6-4-8-17(16)19/h4-11,14-15,24-26H,3,12-13H2,1-2H3,(H2,23,27). The number of amidine groups is 1. The van der Waals surface area contributed by atoms with Crippen molar-refractivity contribution in [1.29, 1.82) is 0 Å². The highest BCUT2D eigenvalue weighted by Crippen LogP contribution is 2.30. The van der Waals surface area contributed by atoms with Crippen LogP contribution < -0.4 is 16.4 Å². The summed E-state index contributed by atoms with van der Waals surface area (Å²) in [6.45, 7) is 4.36. The SMILES string of the molecule is CCC(C)NC1(CCc2c[nH]c3ccccc23)N=C(N)c2ccccc2N1. The number of H-pyrrole nitrogens is 1. The van der Waals surface area contributed by atoms with Gasteiger partial charge in [-0.15, -0.1) is 0 Å². The Bertz CT molecular complexity index is 974. The van der Waals surface area contributed by atoms with Crippen molar-refractivity contribution in [2.24, 2.45) is 10.7 Å². The van der Waals surface area contributed by atoms with Gasteiger partial charge in [0, 0.05) is 40.8 Å². The van der Waals surface area contributed by atoms with E-state index in [9.17, 15) is 0 Å². The molecule has 0 spiro atoms. The monoisotopic (exact) mass is 361 g/mol. The summed E-state index contributed by atoms with van der Waals surface area (Å²) in [7, 11) is 0. The third-order valence-corrected chi connectivity index (χ3v) is 5.38. The topological polar surface area (TPSA) is 78.2 Å². The van der Waals surface area contributed by atoms with Crippen molar-refractivity contribution in [2.45, 2.75) is 44.9 Å². The highest BCUT2D eigenvalue weighted by atomic mass is 15.3. The molecule has 0 fully saturated rings. The maximum absolute atomic E-state index is 6.34. The van der Waals surface area contributed by atoms with E-state index in [2.05, 4.69) is 66.0 Å². The predicted octanol–water partition coefficient (Wildman–Crippen LogP) is 3.97. The van der Waals surface area contributed by atoms with E-state index in [4.69, 9.17) is 10.7 Å². The number of rotatable bonds is 6. The Hall–Kier alpha value is -2.79. The minimum absolute atomic E-state index is 0.322. The van der Waals surface area contributed by atoms with Crippen molar-refractivity contribution < 1.29 is 0 Å². The number of fused-ring (bicyclic) bond motifs is 2. The fourth-order valence-electron chi connectivity index (χ4n) is 3.75. The Morgan fingerprint density at radius 2 is 1.93 bits per heavy atom. The molecule has 1 aliphatic rings. The normalized spacial score (nSPS) is 20.0. The van der Waals surface area contributed by atoms with Crippen molar-refractivity contribution in [1.82, 2.24) is 10.3 Å². The molecule has 140 valence electrons. The van der Waals surface area contributed by atoms with E-state index in [1.807, 2.05) is 18.2 Å². The first-order valence-electron chi connectivity index (χ1n) is 9.66. The van der Waals surface area contributed by atoms with Crippen molar-refractivity contribution in [3.8, 4) is 0 Å². The molecule has 0 aliphatic carbocycles. The van der Waals surface area contributed by atoms with Crippen LogP contribution in [0.1, 0.15) is 37.8 Å². The summed E-state index contributed by atoms with van der Waals surface area (Å²) in [6.07, 6.45) is 4.81. The summed E-state index contributed by atoms with van der Waals surface area (Å²) in [4.78, 5) is 8.25. The van der Waals surface area contributed by atoms with Crippen LogP contribution in [-0.2, 0) is 6.42 Å². The number of nitrogens with two attached hydrogens (primary N) is 1. The number of aromatic amines is 1. The maximum atomic E-state index is 6.34. The van der Waals surface area contributed by atoms with Crippen molar-refractivity contribution >= 4 is 22.4 Å². The Balaban J connectivity index is 1.65. The summed E-state index contributed by atoms with van der Waals surface area (Å²) >= 11 is 0. The zero-order chi connectivity index (χ0) is 18.9. The zero-order valence-electron chi connectivity index (χ0n) is 15.9. The first kappa shape index (κ1) is 17.6. The van der Waals surface area contributed by atoms with Crippen LogP contribution in [-0.4, -0.2) is 22.6 Å². The number of aromatic nitrogens is 1. The number of nitrogens with one attached hydrogen (secondary N) is 3. The molecular weight excluding hydrogens is 334 g/mol. The number of hydrogen-bond donors (Lipinski definition) is 4. The maximum Gasteiger partial charge on any atom is 0.187 e. The van der Waals surface area contributed by atoms with Crippen molar-refractivity contribution in [3.63, 3.8) is 0 Å². The van der Waals surface area contributed by atoms with Gasteiger partial charge in [-0.25, -0.2) is 4.99 Å². The van der Waals surface area contributed by atoms with Crippen LogP contribution in [0, 0.1) is 0 Å². The fraction of sp³-hybridized carbons (Fsp3) is 0.318. The Morgan fingerprint density at radius 3 is 2.78 bits per heavy atom. The number of hydrogen-bond acceptors (Lipinski definition) is 4. The molecule has 0 saturated heterocycles. The highest BCUT2D eigenvalue weighted by molar-refractivity contribution is 6.04. The second kappa shape index (κ2) is 7.08. The quantitative estimate of drug-likeness (QED) is 0.536. The van der Waals surface area contributed by atoms with E-state index in [1.165, 1.54) is 16.5 Å².